The number of aliphatic carboxylic acids is 1. The predicted molar refractivity (Wildman–Crippen MR) is 147 cm³/mol. The van der Waals surface area contributed by atoms with E-state index in [9.17, 15) is 24.3 Å². The summed E-state index contributed by atoms with van der Waals surface area (Å²) < 4.78 is 5.36. The smallest absolute Gasteiger partial charge is 0.408 e. The summed E-state index contributed by atoms with van der Waals surface area (Å²) in [6.07, 6.45) is 2.79. The largest absolute Gasteiger partial charge is 0.480 e. The highest BCUT2D eigenvalue weighted by Crippen LogP contribution is 2.33. The van der Waals surface area contributed by atoms with Crippen molar-refractivity contribution in [2.75, 3.05) is 0 Å². The normalized spacial score (nSPS) is 15.4. The van der Waals surface area contributed by atoms with Crippen molar-refractivity contribution in [3.05, 3.63) is 71.8 Å². The zero-order valence-electron chi connectivity index (χ0n) is 22.8. The Morgan fingerprint density at radius 2 is 1.26 bits per heavy atom. The summed E-state index contributed by atoms with van der Waals surface area (Å²) >= 11 is 0. The number of alkyl carbamates (subject to hydrolysis) is 1. The predicted octanol–water partition coefficient (Wildman–Crippen LogP) is 3.61. The quantitative estimate of drug-likeness (QED) is 0.308. The molecule has 1 fully saturated rings. The topological polar surface area (TPSA) is 134 Å². The second-order valence-electron chi connectivity index (χ2n) is 11.1. The van der Waals surface area contributed by atoms with Gasteiger partial charge >= 0.3 is 12.1 Å². The van der Waals surface area contributed by atoms with E-state index in [1.807, 2.05) is 60.7 Å². The van der Waals surface area contributed by atoms with Crippen LogP contribution in [0.2, 0.25) is 0 Å². The molecular formula is C30H39N3O6. The Morgan fingerprint density at radius 3 is 1.69 bits per heavy atom. The second-order valence-corrected chi connectivity index (χ2v) is 11.1. The van der Waals surface area contributed by atoms with E-state index in [-0.39, 0.29) is 12.8 Å². The van der Waals surface area contributed by atoms with Crippen molar-refractivity contribution in [2.45, 2.75) is 83.0 Å². The Bertz CT molecular complexity index is 1110. The van der Waals surface area contributed by atoms with Crippen molar-refractivity contribution in [3.63, 3.8) is 0 Å². The molecule has 9 heteroatoms. The molecule has 1 saturated carbocycles. The van der Waals surface area contributed by atoms with Crippen molar-refractivity contribution in [1.29, 1.82) is 0 Å². The molecule has 0 bridgehead atoms. The van der Waals surface area contributed by atoms with Crippen molar-refractivity contribution >= 4 is 23.9 Å². The molecule has 0 saturated heterocycles. The third-order valence-corrected chi connectivity index (χ3v) is 6.38. The molecular weight excluding hydrogens is 498 g/mol. The standard InChI is InChI=1S/C30H39N3O6/c1-30(2,3)39-29(38)33-25(19-22-12-8-5-9-13-22)27(35)32-24(18-21-10-6-4-7-11-21)26(34)31-23(28(36)37)17-16-20-14-15-20/h4-13,20,23-25H,14-19H2,1-3H3,(H,31,34)(H,32,35)(H,33,38)(H,36,37)/t23?,24-,25-/m1/s1. The first-order valence-electron chi connectivity index (χ1n) is 13.4. The number of amides is 3. The average Bonchev–Trinajstić information content (AvgIpc) is 3.70. The van der Waals surface area contributed by atoms with E-state index in [4.69, 9.17) is 4.74 Å². The van der Waals surface area contributed by atoms with Gasteiger partial charge in [-0.3, -0.25) is 9.59 Å². The van der Waals surface area contributed by atoms with E-state index in [1.165, 1.54) is 0 Å². The molecule has 4 N–H and O–H groups in total. The zero-order valence-corrected chi connectivity index (χ0v) is 22.8. The molecule has 2 aromatic carbocycles. The van der Waals surface area contributed by atoms with Gasteiger partial charge in [-0.1, -0.05) is 73.5 Å². The van der Waals surface area contributed by atoms with Gasteiger partial charge in [0.1, 0.15) is 23.7 Å². The molecule has 1 aliphatic carbocycles. The fraction of sp³-hybridized carbons (Fsp3) is 0.467. The lowest BCUT2D eigenvalue weighted by molar-refractivity contribution is -0.142. The summed E-state index contributed by atoms with van der Waals surface area (Å²) in [4.78, 5) is 51.3. The first-order valence-corrected chi connectivity index (χ1v) is 13.4. The lowest BCUT2D eigenvalue weighted by Crippen LogP contribution is -2.57. The highest BCUT2D eigenvalue weighted by Gasteiger charge is 2.32. The number of nitrogens with one attached hydrogen (secondary N) is 3. The number of carboxylic acid groups (broad SMARTS) is 1. The molecule has 0 spiro atoms. The van der Waals surface area contributed by atoms with E-state index in [0.29, 0.717) is 12.3 Å². The second kappa shape index (κ2) is 13.8. The summed E-state index contributed by atoms with van der Waals surface area (Å²) in [6.45, 7) is 5.17. The number of rotatable bonds is 13. The monoisotopic (exact) mass is 537 g/mol. The van der Waals surface area contributed by atoms with Gasteiger partial charge in [-0.25, -0.2) is 9.59 Å². The number of hydrogen-bond donors (Lipinski definition) is 4. The van der Waals surface area contributed by atoms with Crippen LogP contribution in [0.3, 0.4) is 0 Å². The van der Waals surface area contributed by atoms with Crippen LogP contribution >= 0.6 is 0 Å². The van der Waals surface area contributed by atoms with E-state index in [2.05, 4.69) is 16.0 Å². The van der Waals surface area contributed by atoms with Gasteiger partial charge in [-0.05, 0) is 50.7 Å². The Balaban J connectivity index is 1.78. The Morgan fingerprint density at radius 1 is 0.795 bits per heavy atom. The molecule has 3 amide bonds. The van der Waals surface area contributed by atoms with E-state index >= 15 is 0 Å². The van der Waals surface area contributed by atoms with Gasteiger partial charge in [0.15, 0.2) is 0 Å². The zero-order chi connectivity index (χ0) is 28.4. The molecule has 1 unspecified atom stereocenters. The molecule has 0 aromatic heterocycles. The average molecular weight is 538 g/mol. The molecule has 0 radical (unpaired) electrons. The van der Waals surface area contributed by atoms with Gasteiger partial charge in [-0.2, -0.15) is 0 Å². The Labute approximate surface area is 229 Å². The van der Waals surface area contributed by atoms with Gasteiger partial charge in [0.05, 0.1) is 0 Å². The van der Waals surface area contributed by atoms with Gasteiger partial charge in [0, 0.05) is 12.8 Å². The van der Waals surface area contributed by atoms with Gasteiger partial charge in [0.2, 0.25) is 11.8 Å². The summed E-state index contributed by atoms with van der Waals surface area (Å²) in [5, 5.41) is 17.7. The minimum atomic E-state index is -1.11. The van der Waals surface area contributed by atoms with Crippen molar-refractivity contribution in [2.24, 2.45) is 5.92 Å². The van der Waals surface area contributed by atoms with Crippen molar-refractivity contribution < 1.29 is 29.0 Å². The number of hydrogen-bond acceptors (Lipinski definition) is 5. The van der Waals surface area contributed by atoms with Crippen LogP contribution in [0.5, 0.6) is 0 Å². The maximum atomic E-state index is 13.5. The highest BCUT2D eigenvalue weighted by molar-refractivity contribution is 5.93. The molecule has 9 nitrogen and oxygen atoms in total. The maximum Gasteiger partial charge on any atom is 0.408 e. The Kier molecular flexibility index (Phi) is 10.5. The number of carbonyl (C=O) groups is 4. The molecule has 0 aliphatic heterocycles. The van der Waals surface area contributed by atoms with Gasteiger partial charge < -0.3 is 25.8 Å². The van der Waals surface area contributed by atoms with Crippen molar-refractivity contribution in [1.82, 2.24) is 16.0 Å². The first kappa shape index (κ1) is 29.7. The Hall–Kier alpha value is -3.88. The van der Waals surface area contributed by atoms with Crippen LogP contribution in [0, 0.1) is 5.92 Å². The molecule has 1 aliphatic rings. The van der Waals surface area contributed by atoms with Crippen LogP contribution in [0.25, 0.3) is 0 Å². The highest BCUT2D eigenvalue weighted by atomic mass is 16.6. The van der Waals surface area contributed by atoms with Crippen LogP contribution in [0.15, 0.2) is 60.7 Å². The molecule has 0 heterocycles. The van der Waals surface area contributed by atoms with Gasteiger partial charge in [-0.15, -0.1) is 0 Å². The SMILES string of the molecule is CC(C)(C)OC(=O)N[C@H](Cc1ccccc1)C(=O)N[C@H](Cc1ccccc1)C(=O)NC(CCC1CC1)C(=O)O. The van der Waals surface area contributed by atoms with Crippen molar-refractivity contribution in [3.8, 4) is 0 Å². The maximum absolute atomic E-state index is 13.5. The lowest BCUT2D eigenvalue weighted by atomic mass is 10.0. The first-order chi connectivity index (χ1) is 18.5. The van der Waals surface area contributed by atoms with Gasteiger partial charge in [0.25, 0.3) is 0 Å². The third kappa shape index (κ3) is 10.8. The van der Waals surface area contributed by atoms with Crippen LogP contribution in [0.1, 0.15) is 57.6 Å². The number of ether oxygens (including phenoxy) is 1. The number of carbonyl (C=O) groups excluding carboxylic acids is 3. The van der Waals surface area contributed by atoms with E-state index in [0.717, 1.165) is 30.4 Å². The minimum Gasteiger partial charge on any atom is -0.480 e. The molecule has 210 valence electrons. The fourth-order valence-corrected chi connectivity index (χ4v) is 4.18. The molecule has 2 aromatic rings. The number of benzene rings is 2. The van der Waals surface area contributed by atoms with Crippen LogP contribution < -0.4 is 16.0 Å². The van der Waals surface area contributed by atoms with Crippen LogP contribution in [-0.4, -0.2) is 52.7 Å². The summed E-state index contributed by atoms with van der Waals surface area (Å²) in [7, 11) is 0. The molecule has 39 heavy (non-hydrogen) atoms. The number of carboxylic acids is 1. The minimum absolute atomic E-state index is 0.151. The fourth-order valence-electron chi connectivity index (χ4n) is 4.18. The summed E-state index contributed by atoms with van der Waals surface area (Å²) in [5.74, 6) is -1.76. The molecule has 3 atom stereocenters. The van der Waals surface area contributed by atoms with Crippen LogP contribution in [-0.2, 0) is 32.0 Å². The third-order valence-electron chi connectivity index (χ3n) is 6.38. The summed E-state index contributed by atoms with van der Waals surface area (Å²) in [5.41, 5.74) is 0.839. The molecule has 3 rings (SSSR count). The lowest BCUT2D eigenvalue weighted by Gasteiger charge is -2.26. The van der Waals surface area contributed by atoms with E-state index < -0.39 is 47.6 Å². The summed E-state index contributed by atoms with van der Waals surface area (Å²) in [6, 6.07) is 15.2. The van der Waals surface area contributed by atoms with E-state index in [1.54, 1.807) is 20.8 Å². The van der Waals surface area contributed by atoms with Crippen LogP contribution in [0.4, 0.5) is 4.79 Å².